The molecular weight excluding hydrogens is 366 g/mol. The summed E-state index contributed by atoms with van der Waals surface area (Å²) >= 11 is 0. The molecule has 0 saturated heterocycles. The van der Waals surface area contributed by atoms with E-state index in [0.29, 0.717) is 26.4 Å². The van der Waals surface area contributed by atoms with Crippen molar-refractivity contribution in [1.29, 1.82) is 0 Å². The largest absolute Gasteiger partial charge is 0.479 e. The zero-order valence-corrected chi connectivity index (χ0v) is 15.4. The molecule has 2 atom stereocenters. The standard InChI is InChI=1S/C15H25N3O9/c1-11(14(20)21)27-15(22)12(2)26-13(19)3-5-23-7-9-25-10-8-24-6-4-17-18-16/h11-12H,3-10H2,1-2H3,(H,20,21). The van der Waals surface area contributed by atoms with Gasteiger partial charge in [0, 0.05) is 11.5 Å². The van der Waals surface area contributed by atoms with Crippen LogP contribution in [0.3, 0.4) is 0 Å². The lowest BCUT2D eigenvalue weighted by Gasteiger charge is -2.14. The number of rotatable bonds is 16. The molecule has 0 rings (SSSR count). The van der Waals surface area contributed by atoms with Gasteiger partial charge in [0.2, 0.25) is 0 Å². The van der Waals surface area contributed by atoms with Crippen molar-refractivity contribution in [3.05, 3.63) is 10.4 Å². The zero-order chi connectivity index (χ0) is 20.5. The van der Waals surface area contributed by atoms with E-state index in [4.69, 9.17) is 29.6 Å². The predicted octanol–water partition coefficient (Wildman–Crippen LogP) is 0.685. The molecule has 12 nitrogen and oxygen atoms in total. The molecule has 0 aliphatic heterocycles. The Morgan fingerprint density at radius 2 is 1.48 bits per heavy atom. The van der Waals surface area contributed by atoms with Gasteiger partial charge in [-0.15, -0.1) is 0 Å². The van der Waals surface area contributed by atoms with Crippen LogP contribution in [-0.4, -0.2) is 81.4 Å². The number of carbonyl (C=O) groups excluding carboxylic acids is 2. The highest BCUT2D eigenvalue weighted by Crippen LogP contribution is 2.01. The summed E-state index contributed by atoms with van der Waals surface area (Å²) in [5.74, 6) is -2.90. The molecule has 0 amide bonds. The van der Waals surface area contributed by atoms with Gasteiger partial charge in [0.1, 0.15) is 0 Å². The van der Waals surface area contributed by atoms with Crippen LogP contribution in [0.15, 0.2) is 5.11 Å². The third-order valence-corrected chi connectivity index (χ3v) is 2.87. The van der Waals surface area contributed by atoms with Crippen molar-refractivity contribution >= 4 is 17.9 Å². The Hall–Kier alpha value is -2.40. The van der Waals surface area contributed by atoms with Crippen LogP contribution >= 0.6 is 0 Å². The Morgan fingerprint density at radius 1 is 0.926 bits per heavy atom. The van der Waals surface area contributed by atoms with Gasteiger partial charge in [-0.2, -0.15) is 0 Å². The van der Waals surface area contributed by atoms with E-state index < -0.39 is 30.1 Å². The van der Waals surface area contributed by atoms with Gasteiger partial charge in [-0.3, -0.25) is 4.79 Å². The van der Waals surface area contributed by atoms with E-state index >= 15 is 0 Å². The molecule has 0 spiro atoms. The highest BCUT2D eigenvalue weighted by Gasteiger charge is 2.24. The second-order valence-electron chi connectivity index (χ2n) is 5.09. The first kappa shape index (κ1) is 24.6. The number of carbonyl (C=O) groups is 3. The summed E-state index contributed by atoms with van der Waals surface area (Å²) in [6.07, 6.45) is -2.60. The minimum Gasteiger partial charge on any atom is -0.479 e. The van der Waals surface area contributed by atoms with E-state index in [-0.39, 0.29) is 26.2 Å². The summed E-state index contributed by atoms with van der Waals surface area (Å²) in [7, 11) is 0. The minimum atomic E-state index is -1.32. The van der Waals surface area contributed by atoms with Crippen LogP contribution in [0.25, 0.3) is 10.4 Å². The molecule has 0 aromatic carbocycles. The van der Waals surface area contributed by atoms with Gasteiger partial charge >= 0.3 is 17.9 Å². The number of esters is 2. The molecular formula is C15H25N3O9. The van der Waals surface area contributed by atoms with Crippen LogP contribution < -0.4 is 0 Å². The second kappa shape index (κ2) is 15.8. The number of nitrogens with zero attached hydrogens (tertiary/aromatic N) is 3. The second-order valence-corrected chi connectivity index (χ2v) is 5.09. The molecule has 0 fully saturated rings. The number of aliphatic carboxylic acids is 1. The number of ether oxygens (including phenoxy) is 5. The van der Waals surface area contributed by atoms with Crippen molar-refractivity contribution in [2.75, 3.05) is 46.2 Å². The average molecular weight is 391 g/mol. The van der Waals surface area contributed by atoms with E-state index in [1.807, 2.05) is 0 Å². The summed E-state index contributed by atoms with van der Waals surface area (Å²) in [6.45, 7) is 4.45. The Labute approximate surface area is 156 Å². The maximum Gasteiger partial charge on any atom is 0.347 e. The maximum atomic E-state index is 11.6. The highest BCUT2D eigenvalue weighted by atomic mass is 16.6. The van der Waals surface area contributed by atoms with E-state index in [2.05, 4.69) is 14.8 Å². The lowest BCUT2D eigenvalue weighted by atomic mass is 10.3. The Balaban J connectivity index is 3.59. The molecule has 0 aromatic heterocycles. The van der Waals surface area contributed by atoms with Crippen LogP contribution in [0, 0.1) is 0 Å². The van der Waals surface area contributed by atoms with Crippen LogP contribution in [0.4, 0.5) is 0 Å². The van der Waals surface area contributed by atoms with Gasteiger partial charge in [-0.1, -0.05) is 5.11 Å². The van der Waals surface area contributed by atoms with E-state index in [1.54, 1.807) is 0 Å². The zero-order valence-electron chi connectivity index (χ0n) is 15.4. The molecule has 12 heteroatoms. The summed E-state index contributed by atoms with van der Waals surface area (Å²) in [6, 6.07) is 0. The highest BCUT2D eigenvalue weighted by molar-refractivity contribution is 5.82. The number of hydrogen-bond donors (Lipinski definition) is 1. The minimum absolute atomic E-state index is 0.0748. The first-order chi connectivity index (χ1) is 12.9. The molecule has 0 heterocycles. The summed E-state index contributed by atoms with van der Waals surface area (Å²) in [4.78, 5) is 36.3. The number of carboxylic acid groups (broad SMARTS) is 1. The Morgan fingerprint density at radius 3 is 2.04 bits per heavy atom. The summed E-state index contributed by atoms with van der Waals surface area (Å²) < 4.78 is 25.0. The molecule has 0 aromatic rings. The van der Waals surface area contributed by atoms with Crippen LogP contribution in [0.2, 0.25) is 0 Å². The van der Waals surface area contributed by atoms with Crippen molar-refractivity contribution in [2.45, 2.75) is 32.5 Å². The molecule has 0 aliphatic rings. The molecule has 0 saturated carbocycles. The van der Waals surface area contributed by atoms with Crippen molar-refractivity contribution in [2.24, 2.45) is 5.11 Å². The molecule has 27 heavy (non-hydrogen) atoms. The topological polar surface area (TPSA) is 166 Å². The number of hydrogen-bond acceptors (Lipinski definition) is 9. The Kier molecular flexibility index (Phi) is 14.4. The monoisotopic (exact) mass is 391 g/mol. The average Bonchev–Trinajstić information content (AvgIpc) is 2.62. The fourth-order valence-corrected chi connectivity index (χ4v) is 1.47. The SMILES string of the molecule is CC(OC(=O)C(C)OC(=O)CCOCCOCCOCCN=[N+]=[N-])C(=O)O. The molecule has 2 unspecified atom stereocenters. The third kappa shape index (κ3) is 14.5. The van der Waals surface area contributed by atoms with Crippen molar-refractivity contribution in [3.8, 4) is 0 Å². The van der Waals surface area contributed by atoms with Gasteiger partial charge in [-0.05, 0) is 19.4 Å². The summed E-state index contributed by atoms with van der Waals surface area (Å²) in [5.41, 5.74) is 8.06. The van der Waals surface area contributed by atoms with E-state index in [9.17, 15) is 14.4 Å². The lowest BCUT2D eigenvalue weighted by molar-refractivity contribution is -0.175. The number of carboxylic acids is 1. The molecule has 0 aliphatic carbocycles. The summed E-state index contributed by atoms with van der Waals surface area (Å²) in [5, 5.41) is 11.9. The van der Waals surface area contributed by atoms with Gasteiger partial charge in [0.15, 0.2) is 12.2 Å². The third-order valence-electron chi connectivity index (χ3n) is 2.87. The predicted molar refractivity (Wildman–Crippen MR) is 89.8 cm³/mol. The fraction of sp³-hybridized carbons (Fsp3) is 0.800. The Bertz CT molecular complexity index is 509. The van der Waals surface area contributed by atoms with Crippen LogP contribution in [0.5, 0.6) is 0 Å². The molecule has 0 radical (unpaired) electrons. The van der Waals surface area contributed by atoms with Gasteiger partial charge < -0.3 is 28.8 Å². The van der Waals surface area contributed by atoms with Gasteiger partial charge in [-0.25, -0.2) is 9.59 Å². The normalized spacial score (nSPS) is 12.5. The van der Waals surface area contributed by atoms with E-state index in [1.165, 1.54) is 13.8 Å². The van der Waals surface area contributed by atoms with Crippen LogP contribution in [-0.2, 0) is 38.1 Å². The van der Waals surface area contributed by atoms with Crippen molar-refractivity contribution in [1.82, 2.24) is 0 Å². The lowest BCUT2D eigenvalue weighted by Crippen LogP contribution is -2.32. The van der Waals surface area contributed by atoms with Crippen LogP contribution in [0.1, 0.15) is 20.3 Å². The molecule has 154 valence electrons. The first-order valence-electron chi connectivity index (χ1n) is 8.25. The van der Waals surface area contributed by atoms with E-state index in [0.717, 1.165) is 0 Å². The van der Waals surface area contributed by atoms with Gasteiger partial charge in [0.05, 0.1) is 46.1 Å². The van der Waals surface area contributed by atoms with Crippen molar-refractivity contribution in [3.63, 3.8) is 0 Å². The fourth-order valence-electron chi connectivity index (χ4n) is 1.47. The number of azide groups is 1. The van der Waals surface area contributed by atoms with Gasteiger partial charge in [0.25, 0.3) is 0 Å². The maximum absolute atomic E-state index is 11.6. The molecule has 1 N–H and O–H groups in total. The smallest absolute Gasteiger partial charge is 0.347 e. The first-order valence-corrected chi connectivity index (χ1v) is 8.25. The quantitative estimate of drug-likeness (QED) is 0.131. The van der Waals surface area contributed by atoms with Crippen molar-refractivity contribution < 1.29 is 43.2 Å². The molecule has 0 bridgehead atoms.